The number of carbonyl (C=O) groups excluding carboxylic acids is 3. The van der Waals surface area contributed by atoms with Crippen molar-refractivity contribution in [2.45, 2.75) is 76.5 Å². The maximum absolute atomic E-state index is 13.3. The van der Waals surface area contributed by atoms with Gasteiger partial charge in [-0.15, -0.1) is 0 Å². The number of aliphatic carboxylic acids is 2. The second-order valence-corrected chi connectivity index (χ2v) is 9.19. The van der Waals surface area contributed by atoms with Gasteiger partial charge in [0, 0.05) is 6.42 Å². The summed E-state index contributed by atoms with van der Waals surface area (Å²) < 4.78 is 0. The molecule has 0 fully saturated rings. The summed E-state index contributed by atoms with van der Waals surface area (Å²) in [4.78, 5) is 61.4. The molecule has 0 aliphatic carbocycles. The van der Waals surface area contributed by atoms with Gasteiger partial charge in [0.1, 0.15) is 23.9 Å². The second kappa shape index (κ2) is 16.2. The number of carbonyl (C=O) groups is 5. The third kappa shape index (κ3) is 11.1. The number of carboxylic acid groups (broad SMARTS) is 2. The van der Waals surface area contributed by atoms with Crippen LogP contribution < -0.4 is 27.4 Å². The summed E-state index contributed by atoms with van der Waals surface area (Å²) in [6.45, 7) is 3.88. The zero-order valence-electron chi connectivity index (χ0n) is 21.7. The fraction of sp³-hybridized carbons (Fsp3) is 0.560. The van der Waals surface area contributed by atoms with Crippen molar-refractivity contribution in [2.24, 2.45) is 17.4 Å². The molecule has 5 unspecified atom stereocenters. The molecule has 0 spiro atoms. The van der Waals surface area contributed by atoms with E-state index in [2.05, 4.69) is 16.0 Å². The Morgan fingerprint density at radius 1 is 0.895 bits per heavy atom. The van der Waals surface area contributed by atoms with E-state index < -0.39 is 66.2 Å². The Morgan fingerprint density at radius 3 is 2.03 bits per heavy atom. The standard InChI is InChI=1S/C25H39N5O8/c1-3-14(2)21(24(36)29-19(25(37)38)13-20(32)33)30-23(35)18(12-15-7-9-16(31)10-8-15)28-22(34)17(27)6-4-5-11-26/h7-10,14,17-19,21,31H,3-6,11-13,26-27H2,1-2H3,(H,28,34)(H,29,36)(H,30,35)(H,32,33)(H,37,38). The predicted molar refractivity (Wildman–Crippen MR) is 138 cm³/mol. The molecule has 0 aliphatic rings. The molecule has 0 radical (unpaired) electrons. The van der Waals surface area contributed by atoms with Crippen molar-refractivity contribution in [3.8, 4) is 5.75 Å². The van der Waals surface area contributed by atoms with E-state index in [0.717, 1.165) is 0 Å². The van der Waals surface area contributed by atoms with Crippen LogP contribution in [0.2, 0.25) is 0 Å². The number of hydrogen-bond acceptors (Lipinski definition) is 8. The molecule has 0 saturated heterocycles. The number of hydrogen-bond donors (Lipinski definition) is 8. The molecule has 10 N–H and O–H groups in total. The van der Waals surface area contributed by atoms with E-state index in [1.54, 1.807) is 26.0 Å². The largest absolute Gasteiger partial charge is 0.508 e. The summed E-state index contributed by atoms with van der Waals surface area (Å²) in [5.41, 5.74) is 12.1. The Labute approximate surface area is 221 Å². The maximum atomic E-state index is 13.3. The van der Waals surface area contributed by atoms with Gasteiger partial charge in [-0.3, -0.25) is 19.2 Å². The van der Waals surface area contributed by atoms with Crippen LogP contribution in [0, 0.1) is 5.92 Å². The molecule has 1 aromatic carbocycles. The highest BCUT2D eigenvalue weighted by Gasteiger charge is 2.33. The van der Waals surface area contributed by atoms with Crippen molar-refractivity contribution in [2.75, 3.05) is 6.54 Å². The molecule has 13 nitrogen and oxygen atoms in total. The first kappa shape index (κ1) is 32.3. The van der Waals surface area contributed by atoms with Gasteiger partial charge < -0.3 is 42.7 Å². The van der Waals surface area contributed by atoms with Gasteiger partial charge in [0.2, 0.25) is 17.7 Å². The normalized spacial score (nSPS) is 14.8. The molecule has 13 heteroatoms. The minimum Gasteiger partial charge on any atom is -0.508 e. The molecular formula is C25H39N5O8. The minimum absolute atomic E-state index is 0.0129. The fourth-order valence-electron chi connectivity index (χ4n) is 3.59. The van der Waals surface area contributed by atoms with E-state index in [1.807, 2.05) is 0 Å². The predicted octanol–water partition coefficient (Wildman–Crippen LogP) is -0.549. The number of amides is 3. The number of benzene rings is 1. The number of rotatable bonds is 17. The van der Waals surface area contributed by atoms with Gasteiger partial charge in [0.25, 0.3) is 0 Å². The lowest BCUT2D eigenvalue weighted by atomic mass is 9.96. The SMILES string of the molecule is CCC(C)C(NC(=O)C(Cc1ccc(O)cc1)NC(=O)C(N)CCCCN)C(=O)NC(CC(=O)O)C(=O)O. The summed E-state index contributed by atoms with van der Waals surface area (Å²) in [7, 11) is 0. The van der Waals surface area contributed by atoms with E-state index in [4.69, 9.17) is 16.6 Å². The van der Waals surface area contributed by atoms with E-state index >= 15 is 0 Å². The number of unbranched alkanes of at least 4 members (excludes halogenated alkanes) is 1. The van der Waals surface area contributed by atoms with Crippen LogP contribution in [0.1, 0.15) is 51.5 Å². The molecular weight excluding hydrogens is 498 g/mol. The average molecular weight is 538 g/mol. The Morgan fingerprint density at radius 2 is 1.50 bits per heavy atom. The van der Waals surface area contributed by atoms with Gasteiger partial charge in [-0.05, 0) is 43.0 Å². The fourth-order valence-corrected chi connectivity index (χ4v) is 3.59. The topological polar surface area (TPSA) is 234 Å². The zero-order chi connectivity index (χ0) is 28.8. The third-order valence-electron chi connectivity index (χ3n) is 6.10. The molecule has 0 saturated carbocycles. The highest BCUT2D eigenvalue weighted by atomic mass is 16.4. The van der Waals surface area contributed by atoms with Gasteiger partial charge in [-0.2, -0.15) is 0 Å². The molecule has 0 heterocycles. The highest BCUT2D eigenvalue weighted by Crippen LogP contribution is 2.14. The Bertz CT molecular complexity index is 956. The first-order valence-electron chi connectivity index (χ1n) is 12.5. The molecule has 38 heavy (non-hydrogen) atoms. The molecule has 0 bridgehead atoms. The molecule has 1 aromatic rings. The van der Waals surface area contributed by atoms with Crippen molar-refractivity contribution >= 4 is 29.7 Å². The van der Waals surface area contributed by atoms with Gasteiger partial charge in [-0.1, -0.05) is 38.8 Å². The maximum Gasteiger partial charge on any atom is 0.326 e. The van der Waals surface area contributed by atoms with Crippen LogP contribution >= 0.6 is 0 Å². The quantitative estimate of drug-likeness (QED) is 0.118. The number of carboxylic acids is 2. The van der Waals surface area contributed by atoms with Gasteiger partial charge in [0.15, 0.2) is 0 Å². The smallest absolute Gasteiger partial charge is 0.326 e. The monoisotopic (exact) mass is 537 g/mol. The second-order valence-electron chi connectivity index (χ2n) is 9.19. The first-order valence-corrected chi connectivity index (χ1v) is 12.5. The Hall–Kier alpha value is -3.71. The van der Waals surface area contributed by atoms with E-state index in [9.17, 15) is 34.2 Å². The highest BCUT2D eigenvalue weighted by molar-refractivity contribution is 5.94. The molecule has 5 atom stereocenters. The van der Waals surface area contributed by atoms with Crippen LogP contribution in [-0.4, -0.2) is 75.7 Å². The van der Waals surface area contributed by atoms with E-state index in [1.165, 1.54) is 12.1 Å². The zero-order valence-corrected chi connectivity index (χ0v) is 21.7. The summed E-state index contributed by atoms with van der Waals surface area (Å²) in [6, 6.07) is 1.06. The molecule has 212 valence electrons. The lowest BCUT2D eigenvalue weighted by molar-refractivity contribution is -0.147. The lowest BCUT2D eigenvalue weighted by Gasteiger charge is -2.28. The summed E-state index contributed by atoms with van der Waals surface area (Å²) in [5.74, 6) is -5.54. The van der Waals surface area contributed by atoms with Crippen LogP contribution in [-0.2, 0) is 30.4 Å². The third-order valence-corrected chi connectivity index (χ3v) is 6.10. The summed E-state index contributed by atoms with van der Waals surface area (Å²) in [5, 5.41) is 35.2. The van der Waals surface area contributed by atoms with Gasteiger partial charge in [-0.25, -0.2) is 4.79 Å². The van der Waals surface area contributed by atoms with Gasteiger partial charge >= 0.3 is 11.9 Å². The molecule has 0 aromatic heterocycles. The van der Waals surface area contributed by atoms with Crippen molar-refractivity contribution in [1.82, 2.24) is 16.0 Å². The van der Waals surface area contributed by atoms with Crippen molar-refractivity contribution in [3.63, 3.8) is 0 Å². The Balaban J connectivity index is 3.14. The van der Waals surface area contributed by atoms with Crippen molar-refractivity contribution in [1.29, 1.82) is 0 Å². The minimum atomic E-state index is -1.69. The van der Waals surface area contributed by atoms with E-state index in [-0.39, 0.29) is 12.2 Å². The number of phenolic OH excluding ortho intramolecular Hbond substituents is 1. The molecule has 0 aliphatic heterocycles. The molecule has 1 rings (SSSR count). The molecule has 3 amide bonds. The number of nitrogens with two attached hydrogens (primary N) is 2. The van der Waals surface area contributed by atoms with Crippen molar-refractivity contribution < 1.29 is 39.3 Å². The number of aromatic hydroxyl groups is 1. The lowest BCUT2D eigenvalue weighted by Crippen LogP contribution is -2.59. The van der Waals surface area contributed by atoms with Crippen LogP contribution in [0.25, 0.3) is 0 Å². The van der Waals surface area contributed by atoms with Crippen LogP contribution in [0.15, 0.2) is 24.3 Å². The van der Waals surface area contributed by atoms with Crippen molar-refractivity contribution in [3.05, 3.63) is 29.8 Å². The first-order chi connectivity index (χ1) is 17.9. The Kier molecular flexibility index (Phi) is 13.8. The number of phenols is 1. The van der Waals surface area contributed by atoms with E-state index in [0.29, 0.717) is 37.8 Å². The van der Waals surface area contributed by atoms with Crippen LogP contribution in [0.4, 0.5) is 0 Å². The van der Waals surface area contributed by atoms with Crippen LogP contribution in [0.5, 0.6) is 5.75 Å². The summed E-state index contributed by atoms with van der Waals surface area (Å²) >= 11 is 0. The van der Waals surface area contributed by atoms with Crippen LogP contribution in [0.3, 0.4) is 0 Å². The average Bonchev–Trinajstić information content (AvgIpc) is 2.86. The van der Waals surface area contributed by atoms with Gasteiger partial charge in [0.05, 0.1) is 12.5 Å². The summed E-state index contributed by atoms with van der Waals surface area (Å²) in [6.07, 6.45) is 1.26. The number of nitrogens with one attached hydrogen (secondary N) is 3.